The molecule has 96 valence electrons. The molecule has 2 N–H and O–H groups in total. The van der Waals surface area contributed by atoms with Gasteiger partial charge in [0, 0.05) is 24.5 Å². The predicted octanol–water partition coefficient (Wildman–Crippen LogP) is 2.28. The quantitative estimate of drug-likeness (QED) is 0.875. The first kappa shape index (κ1) is 12.7. The van der Waals surface area contributed by atoms with E-state index in [2.05, 4.69) is 22.0 Å². The fourth-order valence-electron chi connectivity index (χ4n) is 1.90. The molecule has 0 saturated carbocycles. The van der Waals surface area contributed by atoms with Crippen molar-refractivity contribution in [2.75, 3.05) is 6.54 Å². The van der Waals surface area contributed by atoms with Crippen LogP contribution >= 0.6 is 0 Å². The van der Waals surface area contributed by atoms with Crippen molar-refractivity contribution in [2.45, 2.75) is 32.6 Å². The van der Waals surface area contributed by atoms with Crippen LogP contribution in [0.2, 0.25) is 0 Å². The highest BCUT2D eigenvalue weighted by molar-refractivity contribution is 5.57. The van der Waals surface area contributed by atoms with Gasteiger partial charge in [-0.05, 0) is 25.0 Å². The molecular weight excluding hydrogens is 228 g/mol. The number of pyridine rings is 1. The summed E-state index contributed by atoms with van der Waals surface area (Å²) < 4.78 is 5.31. The molecule has 2 rings (SSSR count). The predicted molar refractivity (Wildman–Crippen MR) is 69.0 cm³/mol. The first-order valence-electron chi connectivity index (χ1n) is 6.21. The van der Waals surface area contributed by atoms with Gasteiger partial charge in [0.25, 0.3) is 0 Å². The highest BCUT2D eigenvalue weighted by atomic mass is 16.5. The van der Waals surface area contributed by atoms with Crippen molar-refractivity contribution in [1.29, 1.82) is 0 Å². The van der Waals surface area contributed by atoms with Crippen LogP contribution in [0.15, 0.2) is 23.0 Å². The number of aryl methyl sites for hydroxylation is 1. The van der Waals surface area contributed by atoms with Crippen LogP contribution in [0.5, 0.6) is 0 Å². The lowest BCUT2D eigenvalue weighted by Crippen LogP contribution is -2.12. The third kappa shape index (κ3) is 2.56. The minimum atomic E-state index is 0.147. The van der Waals surface area contributed by atoms with Crippen LogP contribution in [0.25, 0.3) is 11.4 Å². The van der Waals surface area contributed by atoms with E-state index in [4.69, 9.17) is 10.3 Å². The van der Waals surface area contributed by atoms with Crippen LogP contribution < -0.4 is 5.73 Å². The minimum Gasteiger partial charge on any atom is -0.339 e. The van der Waals surface area contributed by atoms with Crippen LogP contribution in [0.1, 0.15) is 37.1 Å². The maximum atomic E-state index is 5.73. The number of nitrogens with zero attached hydrogens (tertiary/aromatic N) is 3. The zero-order valence-corrected chi connectivity index (χ0v) is 10.8. The summed E-state index contributed by atoms with van der Waals surface area (Å²) in [7, 11) is 0. The summed E-state index contributed by atoms with van der Waals surface area (Å²) in [6, 6.07) is 1.93. The van der Waals surface area contributed by atoms with E-state index in [1.807, 2.05) is 13.0 Å². The van der Waals surface area contributed by atoms with Gasteiger partial charge in [-0.3, -0.25) is 4.98 Å². The van der Waals surface area contributed by atoms with Crippen molar-refractivity contribution in [2.24, 2.45) is 5.73 Å². The first-order valence-corrected chi connectivity index (χ1v) is 6.21. The zero-order chi connectivity index (χ0) is 13.0. The number of hydrogen-bond acceptors (Lipinski definition) is 5. The molecule has 2 aromatic rings. The molecule has 5 nitrogen and oxygen atoms in total. The van der Waals surface area contributed by atoms with Gasteiger partial charge in [-0.25, -0.2) is 0 Å². The Bertz CT molecular complexity index is 509. The van der Waals surface area contributed by atoms with Crippen LogP contribution in [0.4, 0.5) is 0 Å². The summed E-state index contributed by atoms with van der Waals surface area (Å²) in [6.07, 6.45) is 5.51. The van der Waals surface area contributed by atoms with Crippen molar-refractivity contribution < 1.29 is 4.52 Å². The molecule has 2 heterocycles. The zero-order valence-electron chi connectivity index (χ0n) is 10.8. The molecule has 2 aromatic heterocycles. The van der Waals surface area contributed by atoms with Gasteiger partial charge >= 0.3 is 0 Å². The molecule has 1 atom stereocenters. The monoisotopic (exact) mass is 246 g/mol. The lowest BCUT2D eigenvalue weighted by atomic mass is 10.0. The Morgan fingerprint density at radius 1 is 1.44 bits per heavy atom. The maximum Gasteiger partial charge on any atom is 0.231 e. The Morgan fingerprint density at radius 3 is 2.94 bits per heavy atom. The number of hydrogen-bond donors (Lipinski definition) is 1. The molecular formula is C13H18N4O. The molecule has 0 spiro atoms. The Labute approximate surface area is 106 Å². The SMILES string of the molecule is CCCC(CN)c1nc(-c2cnccc2C)no1. The molecule has 0 bridgehead atoms. The molecule has 18 heavy (non-hydrogen) atoms. The summed E-state index contributed by atoms with van der Waals surface area (Å²) in [5, 5.41) is 4.02. The van der Waals surface area contributed by atoms with Crippen LogP contribution in [-0.4, -0.2) is 21.7 Å². The third-order valence-electron chi connectivity index (χ3n) is 2.99. The van der Waals surface area contributed by atoms with Gasteiger partial charge in [-0.1, -0.05) is 18.5 Å². The Kier molecular flexibility index (Phi) is 4.04. The second-order valence-corrected chi connectivity index (χ2v) is 4.37. The molecule has 0 aliphatic heterocycles. The van der Waals surface area contributed by atoms with Gasteiger partial charge in [-0.15, -0.1) is 0 Å². The van der Waals surface area contributed by atoms with Crippen LogP contribution in [-0.2, 0) is 0 Å². The average molecular weight is 246 g/mol. The molecule has 1 unspecified atom stereocenters. The topological polar surface area (TPSA) is 77.8 Å². The van der Waals surface area contributed by atoms with Crippen molar-refractivity contribution in [1.82, 2.24) is 15.1 Å². The van der Waals surface area contributed by atoms with Gasteiger partial charge in [0.15, 0.2) is 0 Å². The molecule has 0 aliphatic carbocycles. The number of aromatic nitrogens is 3. The second kappa shape index (κ2) is 5.73. The van der Waals surface area contributed by atoms with Crippen LogP contribution in [0, 0.1) is 6.92 Å². The van der Waals surface area contributed by atoms with Crippen molar-refractivity contribution in [3.8, 4) is 11.4 Å². The number of nitrogens with two attached hydrogens (primary N) is 1. The lowest BCUT2D eigenvalue weighted by molar-refractivity contribution is 0.347. The summed E-state index contributed by atoms with van der Waals surface area (Å²) in [4.78, 5) is 8.52. The standard InChI is InChI=1S/C13H18N4O/c1-3-4-10(7-14)13-16-12(17-18-13)11-8-15-6-5-9(11)2/h5-6,8,10H,3-4,7,14H2,1-2H3. The molecule has 0 saturated heterocycles. The van der Waals surface area contributed by atoms with Crippen molar-refractivity contribution in [3.63, 3.8) is 0 Å². The smallest absolute Gasteiger partial charge is 0.231 e. The van der Waals surface area contributed by atoms with E-state index in [1.165, 1.54) is 0 Å². The molecule has 0 aliphatic rings. The largest absolute Gasteiger partial charge is 0.339 e. The van der Waals surface area contributed by atoms with Gasteiger partial charge in [0.2, 0.25) is 11.7 Å². The van der Waals surface area contributed by atoms with E-state index in [0.29, 0.717) is 18.3 Å². The lowest BCUT2D eigenvalue weighted by Gasteiger charge is -2.06. The Balaban J connectivity index is 2.28. The third-order valence-corrected chi connectivity index (χ3v) is 2.99. The van der Waals surface area contributed by atoms with Gasteiger partial charge in [0.05, 0.1) is 5.92 Å². The fourth-order valence-corrected chi connectivity index (χ4v) is 1.90. The van der Waals surface area contributed by atoms with Gasteiger partial charge in [0.1, 0.15) is 0 Å². The van der Waals surface area contributed by atoms with Crippen molar-refractivity contribution >= 4 is 0 Å². The Morgan fingerprint density at radius 2 is 2.28 bits per heavy atom. The van der Waals surface area contributed by atoms with Gasteiger partial charge < -0.3 is 10.3 Å². The van der Waals surface area contributed by atoms with E-state index >= 15 is 0 Å². The van der Waals surface area contributed by atoms with E-state index in [-0.39, 0.29) is 5.92 Å². The molecule has 0 amide bonds. The van der Waals surface area contributed by atoms with Crippen molar-refractivity contribution in [3.05, 3.63) is 29.9 Å². The average Bonchev–Trinajstić information content (AvgIpc) is 2.85. The summed E-state index contributed by atoms with van der Waals surface area (Å²) in [5.74, 6) is 1.36. The van der Waals surface area contributed by atoms with Crippen LogP contribution in [0.3, 0.4) is 0 Å². The highest BCUT2D eigenvalue weighted by Gasteiger charge is 2.18. The summed E-state index contributed by atoms with van der Waals surface area (Å²) in [5.41, 5.74) is 7.71. The Hall–Kier alpha value is -1.75. The highest BCUT2D eigenvalue weighted by Crippen LogP contribution is 2.23. The molecule has 0 radical (unpaired) electrons. The number of rotatable bonds is 5. The molecule has 5 heteroatoms. The first-order chi connectivity index (χ1) is 8.76. The summed E-state index contributed by atoms with van der Waals surface area (Å²) >= 11 is 0. The van der Waals surface area contributed by atoms with E-state index < -0.39 is 0 Å². The maximum absolute atomic E-state index is 5.73. The van der Waals surface area contributed by atoms with Gasteiger partial charge in [-0.2, -0.15) is 4.98 Å². The fraction of sp³-hybridized carbons (Fsp3) is 0.462. The van der Waals surface area contributed by atoms with E-state index in [0.717, 1.165) is 24.0 Å². The molecule has 0 aromatic carbocycles. The molecule has 0 fully saturated rings. The minimum absolute atomic E-state index is 0.147. The van der Waals surface area contributed by atoms with E-state index in [9.17, 15) is 0 Å². The second-order valence-electron chi connectivity index (χ2n) is 4.37. The summed E-state index contributed by atoms with van der Waals surface area (Å²) in [6.45, 7) is 4.65. The normalized spacial score (nSPS) is 12.6. The van der Waals surface area contributed by atoms with E-state index in [1.54, 1.807) is 12.4 Å².